The Kier molecular flexibility index (Phi) is 4.37. The van der Waals surface area contributed by atoms with Gasteiger partial charge in [0, 0.05) is 36.2 Å². The van der Waals surface area contributed by atoms with Gasteiger partial charge in [-0.2, -0.15) is 0 Å². The van der Waals surface area contributed by atoms with Crippen LogP contribution in [-0.4, -0.2) is 33.5 Å². The molecule has 1 aromatic carbocycles. The fraction of sp³-hybridized carbons (Fsp3) is 0.542. The van der Waals surface area contributed by atoms with Crippen molar-refractivity contribution >= 4 is 6.03 Å². The van der Waals surface area contributed by atoms with Crippen LogP contribution in [0.4, 0.5) is 4.79 Å². The average Bonchev–Trinajstić information content (AvgIpc) is 3.42. The van der Waals surface area contributed by atoms with Crippen molar-refractivity contribution < 1.29 is 4.79 Å². The van der Waals surface area contributed by atoms with Gasteiger partial charge < -0.3 is 10.2 Å². The van der Waals surface area contributed by atoms with E-state index < -0.39 is 0 Å². The summed E-state index contributed by atoms with van der Waals surface area (Å²) in [5.41, 5.74) is 3.64. The lowest BCUT2D eigenvalue weighted by Crippen LogP contribution is -2.48. The molecule has 5 heteroatoms. The topological polar surface area (TPSA) is 58.1 Å². The number of carbonyl (C=O) groups excluding carboxylic acids is 1. The first-order valence-electron chi connectivity index (χ1n) is 10.9. The van der Waals surface area contributed by atoms with Crippen molar-refractivity contribution in [3.05, 3.63) is 59.2 Å². The quantitative estimate of drug-likeness (QED) is 0.848. The van der Waals surface area contributed by atoms with E-state index in [1.807, 2.05) is 6.20 Å². The smallest absolute Gasteiger partial charge is 0.318 e. The number of hydrogen-bond donors (Lipinski definition) is 1. The molecule has 2 aromatic rings. The summed E-state index contributed by atoms with van der Waals surface area (Å²) in [6, 6.07) is 11.1. The minimum Gasteiger partial charge on any atom is -0.338 e. The number of rotatable bonds is 3. The Morgan fingerprint density at radius 1 is 1.21 bits per heavy atom. The lowest BCUT2D eigenvalue weighted by molar-refractivity contribution is 0.164. The second kappa shape index (κ2) is 6.82. The van der Waals surface area contributed by atoms with Gasteiger partial charge in [0.1, 0.15) is 5.82 Å². The van der Waals surface area contributed by atoms with Gasteiger partial charge in [-0.3, -0.25) is 0 Å². The van der Waals surface area contributed by atoms with Gasteiger partial charge in [-0.15, -0.1) is 0 Å². The van der Waals surface area contributed by atoms with Crippen molar-refractivity contribution in [2.45, 2.75) is 69.9 Å². The van der Waals surface area contributed by atoms with Gasteiger partial charge in [-0.05, 0) is 36.7 Å². The number of carbonyl (C=O) groups is 1. The van der Waals surface area contributed by atoms with Crippen LogP contribution >= 0.6 is 0 Å². The van der Waals surface area contributed by atoms with Crippen LogP contribution in [0.3, 0.4) is 0 Å². The summed E-state index contributed by atoms with van der Waals surface area (Å²) in [6.45, 7) is 7.20. The van der Waals surface area contributed by atoms with Crippen molar-refractivity contribution in [1.29, 1.82) is 0 Å². The average molecular weight is 391 g/mol. The van der Waals surface area contributed by atoms with Gasteiger partial charge in [-0.25, -0.2) is 14.8 Å². The molecule has 4 atom stereocenters. The molecule has 152 valence electrons. The van der Waals surface area contributed by atoms with E-state index in [1.165, 1.54) is 12.0 Å². The lowest BCUT2D eigenvalue weighted by Gasteiger charge is -2.36. The SMILES string of the molecule is CC(C)(C)c1ncc2c(n1)CC1CCC2N1C(=O)NC[C@H]1C[C@@H]1c1ccccc1. The molecule has 1 aromatic heterocycles. The lowest BCUT2D eigenvalue weighted by atomic mass is 9.93. The summed E-state index contributed by atoms with van der Waals surface area (Å²) in [4.78, 5) is 24.6. The molecule has 2 fully saturated rings. The highest BCUT2D eigenvalue weighted by Gasteiger charge is 2.45. The molecule has 2 aliphatic heterocycles. The van der Waals surface area contributed by atoms with E-state index in [0.717, 1.165) is 42.9 Å². The van der Waals surface area contributed by atoms with Crippen LogP contribution in [0.5, 0.6) is 0 Å². The Labute approximate surface area is 172 Å². The molecule has 5 nitrogen and oxygen atoms in total. The van der Waals surface area contributed by atoms with Crippen molar-refractivity contribution in [1.82, 2.24) is 20.2 Å². The minimum atomic E-state index is -0.0534. The molecule has 1 saturated carbocycles. The maximum absolute atomic E-state index is 13.0. The number of hydrogen-bond acceptors (Lipinski definition) is 3. The fourth-order valence-electron chi connectivity index (χ4n) is 5.04. The van der Waals surface area contributed by atoms with E-state index in [9.17, 15) is 4.79 Å². The maximum Gasteiger partial charge on any atom is 0.318 e. The maximum atomic E-state index is 13.0. The monoisotopic (exact) mass is 390 g/mol. The first kappa shape index (κ1) is 18.6. The summed E-state index contributed by atoms with van der Waals surface area (Å²) in [5.74, 6) is 2.06. The van der Waals surface area contributed by atoms with E-state index in [1.54, 1.807) is 0 Å². The van der Waals surface area contributed by atoms with Crippen molar-refractivity contribution in [2.75, 3.05) is 6.54 Å². The number of aromatic nitrogens is 2. The van der Waals surface area contributed by atoms with Crippen molar-refractivity contribution in [2.24, 2.45) is 5.92 Å². The minimum absolute atomic E-state index is 0.0534. The predicted octanol–water partition coefficient (Wildman–Crippen LogP) is 4.35. The highest BCUT2D eigenvalue weighted by Crippen LogP contribution is 2.47. The molecular formula is C24H30N4O. The van der Waals surface area contributed by atoms with Gasteiger partial charge in [0.15, 0.2) is 0 Å². The largest absolute Gasteiger partial charge is 0.338 e. The molecule has 3 heterocycles. The molecule has 2 bridgehead atoms. The second-order valence-corrected chi connectivity index (χ2v) is 9.90. The third-order valence-corrected chi connectivity index (χ3v) is 6.76. The number of nitrogens with zero attached hydrogens (tertiary/aromatic N) is 3. The van der Waals surface area contributed by atoms with Crippen LogP contribution in [-0.2, 0) is 11.8 Å². The Balaban J connectivity index is 1.25. The summed E-state index contributed by atoms with van der Waals surface area (Å²) in [5, 5.41) is 3.23. The number of urea groups is 1. The van der Waals surface area contributed by atoms with Crippen LogP contribution in [0.25, 0.3) is 0 Å². The van der Waals surface area contributed by atoms with Gasteiger partial charge in [0.05, 0.1) is 11.7 Å². The molecule has 1 N–H and O–H groups in total. The summed E-state index contributed by atoms with van der Waals surface area (Å²) < 4.78 is 0. The normalized spacial score (nSPS) is 27.5. The molecule has 5 rings (SSSR count). The van der Waals surface area contributed by atoms with E-state index in [4.69, 9.17) is 4.98 Å². The molecule has 3 aliphatic rings. The van der Waals surface area contributed by atoms with E-state index in [0.29, 0.717) is 11.8 Å². The zero-order valence-corrected chi connectivity index (χ0v) is 17.6. The zero-order chi connectivity index (χ0) is 20.2. The van der Waals surface area contributed by atoms with Crippen LogP contribution in [0.1, 0.15) is 74.6 Å². The highest BCUT2D eigenvalue weighted by atomic mass is 16.2. The van der Waals surface area contributed by atoms with Crippen LogP contribution in [0.2, 0.25) is 0 Å². The Morgan fingerprint density at radius 2 is 2.00 bits per heavy atom. The number of benzene rings is 1. The van der Waals surface area contributed by atoms with Gasteiger partial charge in [-0.1, -0.05) is 51.1 Å². The summed E-state index contributed by atoms with van der Waals surface area (Å²) in [6.07, 6.45) is 6.06. The third kappa shape index (κ3) is 3.41. The first-order chi connectivity index (χ1) is 13.9. The Morgan fingerprint density at radius 3 is 2.76 bits per heavy atom. The van der Waals surface area contributed by atoms with E-state index in [2.05, 4.69) is 66.3 Å². The number of fused-ring (bicyclic) bond motifs is 4. The molecule has 2 amide bonds. The van der Waals surface area contributed by atoms with Gasteiger partial charge in [0.25, 0.3) is 0 Å². The van der Waals surface area contributed by atoms with Crippen LogP contribution < -0.4 is 5.32 Å². The molecule has 0 spiro atoms. The predicted molar refractivity (Wildman–Crippen MR) is 113 cm³/mol. The standard InChI is InChI=1S/C24H30N4O/c1-24(2,3)22-25-14-19-20(27-22)12-17-9-10-21(19)28(17)23(29)26-13-16-11-18(16)15-7-5-4-6-8-15/h4-8,14,16-18,21H,9-13H2,1-3H3,(H,26,29)/t16-,17?,18-,21?/m1/s1. The zero-order valence-electron chi connectivity index (χ0n) is 17.6. The number of nitrogens with one attached hydrogen (secondary N) is 1. The van der Waals surface area contributed by atoms with E-state index >= 15 is 0 Å². The second-order valence-electron chi connectivity index (χ2n) is 9.90. The molecule has 1 aliphatic carbocycles. The van der Waals surface area contributed by atoms with Gasteiger partial charge in [0.2, 0.25) is 0 Å². The Hall–Kier alpha value is -2.43. The Bertz CT molecular complexity index is 920. The van der Waals surface area contributed by atoms with Crippen LogP contribution in [0, 0.1) is 5.92 Å². The highest BCUT2D eigenvalue weighted by molar-refractivity contribution is 5.76. The molecule has 0 radical (unpaired) electrons. The fourth-order valence-corrected chi connectivity index (χ4v) is 5.04. The van der Waals surface area contributed by atoms with Crippen molar-refractivity contribution in [3.8, 4) is 0 Å². The third-order valence-electron chi connectivity index (χ3n) is 6.76. The van der Waals surface area contributed by atoms with Gasteiger partial charge >= 0.3 is 6.03 Å². The molecular weight excluding hydrogens is 360 g/mol. The number of amides is 2. The molecule has 2 unspecified atom stereocenters. The summed E-state index contributed by atoms with van der Waals surface area (Å²) in [7, 11) is 0. The molecule has 1 saturated heterocycles. The summed E-state index contributed by atoms with van der Waals surface area (Å²) >= 11 is 0. The molecule has 29 heavy (non-hydrogen) atoms. The van der Waals surface area contributed by atoms with Crippen molar-refractivity contribution in [3.63, 3.8) is 0 Å². The first-order valence-corrected chi connectivity index (χ1v) is 10.9. The van der Waals surface area contributed by atoms with Crippen LogP contribution in [0.15, 0.2) is 36.5 Å². The van der Waals surface area contributed by atoms with E-state index in [-0.39, 0.29) is 23.5 Å².